The van der Waals surface area contributed by atoms with Gasteiger partial charge in [-0.05, 0) is 17.4 Å². The molecular formula is C14H16ClNO. The lowest BCUT2D eigenvalue weighted by Gasteiger charge is -2.18. The molecule has 17 heavy (non-hydrogen) atoms. The van der Waals surface area contributed by atoms with Gasteiger partial charge >= 0.3 is 0 Å². The SMILES string of the molecule is O=C(CCl)C1C2CN(Cc3ccccc3)CC21. The summed E-state index contributed by atoms with van der Waals surface area (Å²) in [5.41, 5.74) is 1.36. The first-order valence-electron chi connectivity index (χ1n) is 6.14. The molecule has 2 aliphatic rings. The molecule has 2 atom stereocenters. The highest BCUT2D eigenvalue weighted by Crippen LogP contribution is 2.52. The quantitative estimate of drug-likeness (QED) is 0.763. The van der Waals surface area contributed by atoms with Gasteiger partial charge < -0.3 is 0 Å². The summed E-state index contributed by atoms with van der Waals surface area (Å²) in [5.74, 6) is 1.89. The fourth-order valence-corrected chi connectivity index (χ4v) is 3.33. The molecule has 3 rings (SSSR count). The molecular weight excluding hydrogens is 234 g/mol. The Balaban J connectivity index is 1.54. The number of alkyl halides is 1. The highest BCUT2D eigenvalue weighted by molar-refractivity contribution is 6.28. The molecule has 2 nitrogen and oxygen atoms in total. The topological polar surface area (TPSA) is 20.3 Å². The van der Waals surface area contributed by atoms with E-state index in [0.29, 0.717) is 11.8 Å². The molecule has 1 aromatic carbocycles. The lowest BCUT2D eigenvalue weighted by molar-refractivity contribution is -0.118. The minimum absolute atomic E-state index is 0.191. The second-order valence-corrected chi connectivity index (χ2v) is 5.40. The summed E-state index contributed by atoms with van der Waals surface area (Å²) < 4.78 is 0. The second kappa shape index (κ2) is 4.43. The average molecular weight is 250 g/mol. The summed E-state index contributed by atoms with van der Waals surface area (Å²) >= 11 is 5.60. The summed E-state index contributed by atoms with van der Waals surface area (Å²) in [6.07, 6.45) is 0. The highest BCUT2D eigenvalue weighted by Gasteiger charge is 2.58. The number of halogens is 1. The monoisotopic (exact) mass is 249 g/mol. The average Bonchev–Trinajstić information content (AvgIpc) is 2.86. The van der Waals surface area contributed by atoms with Gasteiger partial charge in [-0.25, -0.2) is 0 Å². The molecule has 1 saturated heterocycles. The van der Waals surface area contributed by atoms with E-state index in [1.165, 1.54) is 5.56 Å². The third-order valence-corrected chi connectivity index (χ3v) is 4.29. The maximum atomic E-state index is 11.5. The van der Waals surface area contributed by atoms with Gasteiger partial charge in [0, 0.05) is 25.6 Å². The molecule has 1 heterocycles. The first-order valence-corrected chi connectivity index (χ1v) is 6.68. The molecule has 3 heteroatoms. The number of piperidine rings is 1. The summed E-state index contributed by atoms with van der Waals surface area (Å²) in [4.78, 5) is 13.9. The van der Waals surface area contributed by atoms with E-state index >= 15 is 0 Å². The van der Waals surface area contributed by atoms with E-state index in [9.17, 15) is 4.79 Å². The fourth-order valence-electron chi connectivity index (χ4n) is 3.15. The van der Waals surface area contributed by atoms with Crippen molar-refractivity contribution in [3.63, 3.8) is 0 Å². The molecule has 90 valence electrons. The molecule has 0 amide bonds. The number of rotatable bonds is 4. The van der Waals surface area contributed by atoms with Gasteiger partial charge in [0.25, 0.3) is 0 Å². The number of carbonyl (C=O) groups is 1. The summed E-state index contributed by atoms with van der Waals surface area (Å²) in [5, 5.41) is 0. The van der Waals surface area contributed by atoms with E-state index in [1.807, 2.05) is 6.07 Å². The van der Waals surface area contributed by atoms with Crippen LogP contribution in [-0.2, 0) is 11.3 Å². The number of nitrogens with zero attached hydrogens (tertiary/aromatic N) is 1. The standard InChI is InChI=1S/C14H16ClNO/c15-6-13(17)14-11-8-16(9-12(11)14)7-10-4-2-1-3-5-10/h1-5,11-12,14H,6-9H2. The molecule has 1 aromatic rings. The zero-order valence-corrected chi connectivity index (χ0v) is 10.4. The predicted octanol–water partition coefficient (Wildman–Crippen LogP) is 2.17. The Bertz CT molecular complexity index is 407. The number of Topliss-reactive ketones (excluding diaryl/α,β-unsaturated/α-hetero) is 1. The molecule has 0 aromatic heterocycles. The van der Waals surface area contributed by atoms with Crippen LogP contribution >= 0.6 is 11.6 Å². The van der Waals surface area contributed by atoms with Crippen LogP contribution in [0.5, 0.6) is 0 Å². The molecule has 0 radical (unpaired) electrons. The van der Waals surface area contributed by atoms with Crippen molar-refractivity contribution in [1.29, 1.82) is 0 Å². The van der Waals surface area contributed by atoms with Crippen molar-refractivity contribution in [2.45, 2.75) is 6.54 Å². The lowest BCUT2D eigenvalue weighted by atomic mass is 10.1. The molecule has 1 aliphatic heterocycles. The number of likely N-dealkylation sites (tertiary alicyclic amines) is 1. The van der Waals surface area contributed by atoms with Gasteiger partial charge in [-0.1, -0.05) is 30.3 Å². The van der Waals surface area contributed by atoms with Crippen LogP contribution < -0.4 is 0 Å². The van der Waals surface area contributed by atoms with E-state index in [0.717, 1.165) is 19.6 Å². The Morgan fingerprint density at radius 3 is 2.47 bits per heavy atom. The van der Waals surface area contributed by atoms with Crippen LogP contribution in [0.25, 0.3) is 0 Å². The van der Waals surface area contributed by atoms with E-state index in [-0.39, 0.29) is 17.6 Å². The maximum absolute atomic E-state index is 11.5. The first kappa shape index (κ1) is 11.2. The van der Waals surface area contributed by atoms with Crippen LogP contribution in [-0.4, -0.2) is 29.7 Å². The fraction of sp³-hybridized carbons (Fsp3) is 0.500. The molecule has 1 aliphatic carbocycles. The second-order valence-electron chi connectivity index (χ2n) is 5.13. The summed E-state index contributed by atoms with van der Waals surface area (Å²) in [6.45, 7) is 3.13. The molecule has 0 N–H and O–H groups in total. The first-order chi connectivity index (χ1) is 8.29. The van der Waals surface area contributed by atoms with Crippen molar-refractivity contribution in [3.05, 3.63) is 35.9 Å². The Hall–Kier alpha value is -0.860. The van der Waals surface area contributed by atoms with Gasteiger partial charge in [0.2, 0.25) is 0 Å². The molecule has 2 fully saturated rings. The van der Waals surface area contributed by atoms with Crippen molar-refractivity contribution < 1.29 is 4.79 Å². The number of hydrogen-bond acceptors (Lipinski definition) is 2. The Labute approximate surface area is 107 Å². The summed E-state index contributed by atoms with van der Waals surface area (Å²) in [7, 11) is 0. The molecule has 1 saturated carbocycles. The number of fused-ring (bicyclic) bond motifs is 1. The third kappa shape index (κ3) is 2.12. The Kier molecular flexibility index (Phi) is 2.93. The van der Waals surface area contributed by atoms with E-state index < -0.39 is 0 Å². The van der Waals surface area contributed by atoms with Gasteiger partial charge in [-0.2, -0.15) is 0 Å². The van der Waals surface area contributed by atoms with Crippen LogP contribution in [0.3, 0.4) is 0 Å². The van der Waals surface area contributed by atoms with Crippen molar-refractivity contribution in [2.24, 2.45) is 17.8 Å². The molecule has 2 unspecified atom stereocenters. The van der Waals surface area contributed by atoms with Gasteiger partial charge in [0.15, 0.2) is 5.78 Å². The van der Waals surface area contributed by atoms with Crippen molar-refractivity contribution >= 4 is 17.4 Å². The number of hydrogen-bond donors (Lipinski definition) is 0. The normalized spacial score (nSPS) is 31.2. The van der Waals surface area contributed by atoms with Gasteiger partial charge in [0.1, 0.15) is 0 Å². The van der Waals surface area contributed by atoms with Crippen molar-refractivity contribution in [2.75, 3.05) is 19.0 Å². The molecule has 0 spiro atoms. The predicted molar refractivity (Wildman–Crippen MR) is 67.9 cm³/mol. The highest BCUT2D eigenvalue weighted by atomic mass is 35.5. The third-order valence-electron chi connectivity index (χ3n) is 4.02. The van der Waals surface area contributed by atoms with Gasteiger partial charge in [0.05, 0.1) is 5.88 Å². The van der Waals surface area contributed by atoms with Crippen molar-refractivity contribution in [3.8, 4) is 0 Å². The van der Waals surface area contributed by atoms with Crippen LogP contribution in [0.15, 0.2) is 30.3 Å². The number of carbonyl (C=O) groups excluding carboxylic acids is 1. The zero-order valence-electron chi connectivity index (χ0n) is 9.68. The minimum Gasteiger partial charge on any atom is -0.298 e. The van der Waals surface area contributed by atoms with Crippen LogP contribution in [0, 0.1) is 17.8 Å². The minimum atomic E-state index is 0.191. The largest absolute Gasteiger partial charge is 0.298 e. The van der Waals surface area contributed by atoms with E-state index in [1.54, 1.807) is 0 Å². The van der Waals surface area contributed by atoms with E-state index in [4.69, 9.17) is 11.6 Å². The number of ketones is 1. The summed E-state index contributed by atoms with van der Waals surface area (Å²) in [6, 6.07) is 10.5. The van der Waals surface area contributed by atoms with E-state index in [2.05, 4.69) is 29.2 Å². The van der Waals surface area contributed by atoms with Crippen molar-refractivity contribution in [1.82, 2.24) is 4.90 Å². The van der Waals surface area contributed by atoms with Gasteiger partial charge in [-0.3, -0.25) is 9.69 Å². The molecule has 0 bridgehead atoms. The Morgan fingerprint density at radius 1 is 1.24 bits per heavy atom. The number of benzene rings is 1. The smallest absolute Gasteiger partial charge is 0.151 e. The zero-order chi connectivity index (χ0) is 11.8. The van der Waals surface area contributed by atoms with Crippen LogP contribution in [0.4, 0.5) is 0 Å². The lowest BCUT2D eigenvalue weighted by Crippen LogP contribution is -2.26. The Morgan fingerprint density at radius 2 is 1.88 bits per heavy atom. The van der Waals surface area contributed by atoms with Crippen LogP contribution in [0.2, 0.25) is 0 Å². The maximum Gasteiger partial charge on any atom is 0.151 e. The van der Waals surface area contributed by atoms with Crippen LogP contribution in [0.1, 0.15) is 5.56 Å². The van der Waals surface area contributed by atoms with Gasteiger partial charge in [-0.15, -0.1) is 11.6 Å².